The van der Waals surface area contributed by atoms with E-state index >= 15 is 0 Å². The van der Waals surface area contributed by atoms with Crippen LogP contribution < -0.4 is 24.3 Å². The molecule has 1 aliphatic heterocycles. The summed E-state index contributed by atoms with van der Waals surface area (Å²) in [4.78, 5) is 25.4. The Hall–Kier alpha value is -5.06. The van der Waals surface area contributed by atoms with Gasteiger partial charge in [-0.3, -0.25) is 5.32 Å². The maximum absolute atomic E-state index is 12.3. The highest BCUT2D eigenvalue weighted by Crippen LogP contribution is 2.44. The Morgan fingerprint density at radius 1 is 1.05 bits per heavy atom. The van der Waals surface area contributed by atoms with Crippen LogP contribution in [0.2, 0.25) is 0 Å². The van der Waals surface area contributed by atoms with Crippen molar-refractivity contribution in [2.45, 2.75) is 20.0 Å². The topological polar surface area (TPSA) is 127 Å². The van der Waals surface area contributed by atoms with Crippen molar-refractivity contribution in [2.75, 3.05) is 32.8 Å². The van der Waals surface area contributed by atoms with Crippen LogP contribution >= 0.6 is 0 Å². The van der Waals surface area contributed by atoms with E-state index in [-0.39, 0.29) is 13.2 Å². The molecule has 5 aromatic rings. The molecular formula is C29H26N4O7. The molecule has 0 unspecified atom stereocenters. The van der Waals surface area contributed by atoms with E-state index in [2.05, 4.69) is 20.3 Å². The first-order valence-corrected chi connectivity index (χ1v) is 12.5. The smallest absolute Gasteiger partial charge is 0.411 e. The molecule has 3 aromatic heterocycles. The molecule has 6 rings (SSSR count). The molecule has 1 atom stereocenters. The standard InChI is InChI=1S/C29H26N4O7/c1-15-7-19(26-21(8-15)33-25(36-4)12-31-26)22-10-20-27(40-22)16(2)9-23-28(20)37-13-18(39-23)14-38-29(34)32-17-5-6-24(35-3)30-11-17/h5-12,18H,13-14H2,1-4H3,(H,32,34)/t18-/m1/s1. The van der Waals surface area contributed by atoms with Crippen LogP contribution in [0.15, 0.2) is 53.2 Å². The first-order valence-electron chi connectivity index (χ1n) is 12.5. The Kier molecular flexibility index (Phi) is 6.47. The first kappa shape index (κ1) is 25.2. The van der Waals surface area contributed by atoms with E-state index in [0.29, 0.717) is 51.3 Å². The van der Waals surface area contributed by atoms with Crippen molar-refractivity contribution in [2.24, 2.45) is 0 Å². The van der Waals surface area contributed by atoms with Crippen molar-refractivity contribution in [3.05, 3.63) is 59.9 Å². The number of ether oxygens (including phenoxy) is 5. The second-order valence-corrected chi connectivity index (χ2v) is 9.33. The molecule has 1 aliphatic rings. The van der Waals surface area contributed by atoms with E-state index in [4.69, 9.17) is 28.1 Å². The number of hydrogen-bond acceptors (Lipinski definition) is 10. The molecule has 204 valence electrons. The molecule has 1 N–H and O–H groups in total. The third-order valence-corrected chi connectivity index (χ3v) is 6.45. The number of methoxy groups -OCH3 is 2. The van der Waals surface area contributed by atoms with Gasteiger partial charge in [-0.1, -0.05) is 0 Å². The van der Waals surface area contributed by atoms with E-state index in [0.717, 1.165) is 22.1 Å². The molecule has 0 fully saturated rings. The zero-order chi connectivity index (χ0) is 27.8. The van der Waals surface area contributed by atoms with Gasteiger partial charge in [0.05, 0.1) is 48.7 Å². The fraction of sp³-hybridized carbons (Fsp3) is 0.241. The molecule has 2 aromatic carbocycles. The quantitative estimate of drug-likeness (QED) is 0.295. The van der Waals surface area contributed by atoms with Gasteiger partial charge in [0.25, 0.3) is 0 Å². The maximum atomic E-state index is 12.3. The average molecular weight is 543 g/mol. The fourth-order valence-electron chi connectivity index (χ4n) is 4.59. The Morgan fingerprint density at radius 3 is 2.67 bits per heavy atom. The molecule has 4 heterocycles. The van der Waals surface area contributed by atoms with Gasteiger partial charge in [-0.15, -0.1) is 0 Å². The highest BCUT2D eigenvalue weighted by Gasteiger charge is 2.27. The number of pyridine rings is 1. The zero-order valence-electron chi connectivity index (χ0n) is 22.3. The fourth-order valence-corrected chi connectivity index (χ4v) is 4.59. The number of hydrogen-bond donors (Lipinski definition) is 1. The number of anilines is 1. The highest BCUT2D eigenvalue weighted by molar-refractivity contribution is 5.97. The van der Waals surface area contributed by atoms with Gasteiger partial charge in [0, 0.05) is 11.6 Å². The van der Waals surface area contributed by atoms with Crippen LogP contribution in [0.1, 0.15) is 11.1 Å². The predicted octanol–water partition coefficient (Wildman–Crippen LogP) is 5.46. The number of carbonyl (C=O) groups excluding carboxylic acids is 1. The Bertz CT molecular complexity index is 1730. The SMILES string of the molecule is COc1ccc(NC(=O)OC[C@H]2COc3c(cc(C)c4oc(-c5cc(C)cc6nc(OC)cnc56)cc34)O2)cn1. The van der Waals surface area contributed by atoms with Crippen molar-refractivity contribution in [3.63, 3.8) is 0 Å². The van der Waals surface area contributed by atoms with Crippen molar-refractivity contribution < 1.29 is 32.9 Å². The summed E-state index contributed by atoms with van der Waals surface area (Å²) < 4.78 is 34.2. The summed E-state index contributed by atoms with van der Waals surface area (Å²) in [7, 11) is 3.08. The van der Waals surface area contributed by atoms with E-state index in [1.165, 1.54) is 13.3 Å². The maximum Gasteiger partial charge on any atom is 0.411 e. The Morgan fingerprint density at radius 2 is 1.90 bits per heavy atom. The van der Waals surface area contributed by atoms with Crippen molar-refractivity contribution >= 4 is 33.8 Å². The summed E-state index contributed by atoms with van der Waals surface area (Å²) in [6, 6.07) is 11.1. The van der Waals surface area contributed by atoms with Gasteiger partial charge in [-0.05, 0) is 55.3 Å². The molecule has 0 aliphatic carbocycles. The molecule has 40 heavy (non-hydrogen) atoms. The van der Waals surface area contributed by atoms with Crippen LogP contribution in [0.25, 0.3) is 33.3 Å². The molecule has 1 amide bonds. The van der Waals surface area contributed by atoms with Gasteiger partial charge in [0.2, 0.25) is 11.8 Å². The number of aromatic nitrogens is 3. The minimum atomic E-state index is -0.626. The normalized spacial score (nSPS) is 14.2. The van der Waals surface area contributed by atoms with Gasteiger partial charge in [0.1, 0.15) is 24.6 Å². The summed E-state index contributed by atoms with van der Waals surface area (Å²) in [6.45, 7) is 4.13. The predicted molar refractivity (Wildman–Crippen MR) is 146 cm³/mol. The lowest BCUT2D eigenvalue weighted by atomic mass is 10.1. The summed E-state index contributed by atoms with van der Waals surface area (Å²) >= 11 is 0. The molecule has 0 saturated carbocycles. The van der Waals surface area contributed by atoms with Crippen molar-refractivity contribution in [1.82, 2.24) is 15.0 Å². The Labute approximate surface area is 229 Å². The van der Waals surface area contributed by atoms with Crippen molar-refractivity contribution in [3.8, 4) is 34.6 Å². The monoisotopic (exact) mass is 542 g/mol. The van der Waals surface area contributed by atoms with E-state index in [9.17, 15) is 4.79 Å². The highest BCUT2D eigenvalue weighted by atomic mass is 16.6. The molecule has 11 heteroatoms. The van der Waals surface area contributed by atoms with Crippen molar-refractivity contribution in [1.29, 1.82) is 0 Å². The molecule has 0 radical (unpaired) electrons. The second-order valence-electron chi connectivity index (χ2n) is 9.33. The average Bonchev–Trinajstić information content (AvgIpc) is 3.42. The van der Waals surface area contributed by atoms with Gasteiger partial charge >= 0.3 is 6.09 Å². The van der Waals surface area contributed by atoms with Crippen LogP contribution in [0.3, 0.4) is 0 Å². The minimum absolute atomic E-state index is 0.00000828. The summed E-state index contributed by atoms with van der Waals surface area (Å²) in [5.41, 5.74) is 5.29. The number of aryl methyl sites for hydroxylation is 2. The molecule has 11 nitrogen and oxygen atoms in total. The lowest BCUT2D eigenvalue weighted by molar-refractivity contribution is 0.0382. The van der Waals surface area contributed by atoms with Crippen LogP contribution in [-0.2, 0) is 4.74 Å². The minimum Gasteiger partial charge on any atom is -0.485 e. The molecular weight excluding hydrogens is 516 g/mol. The summed E-state index contributed by atoms with van der Waals surface area (Å²) in [5.74, 6) is 2.65. The third kappa shape index (κ3) is 4.77. The van der Waals surface area contributed by atoms with E-state index < -0.39 is 12.2 Å². The van der Waals surface area contributed by atoms with Gasteiger partial charge in [0.15, 0.2) is 17.6 Å². The number of amides is 1. The second kappa shape index (κ2) is 10.3. The number of benzene rings is 2. The zero-order valence-corrected chi connectivity index (χ0v) is 22.3. The lowest BCUT2D eigenvalue weighted by Crippen LogP contribution is -2.35. The first-order chi connectivity index (χ1) is 19.4. The number of fused-ring (bicyclic) bond motifs is 4. The summed E-state index contributed by atoms with van der Waals surface area (Å²) in [6.07, 6.45) is 1.96. The van der Waals surface area contributed by atoms with Gasteiger partial charge in [-0.2, -0.15) is 0 Å². The summed E-state index contributed by atoms with van der Waals surface area (Å²) in [5, 5.41) is 3.40. The van der Waals surface area contributed by atoms with E-state index in [1.54, 1.807) is 25.4 Å². The molecule has 0 saturated heterocycles. The Balaban J connectivity index is 1.22. The number of furan rings is 1. The van der Waals surface area contributed by atoms with Crippen LogP contribution in [-0.4, -0.2) is 54.6 Å². The van der Waals surface area contributed by atoms with Gasteiger partial charge < -0.3 is 28.1 Å². The largest absolute Gasteiger partial charge is 0.485 e. The number of nitrogens with zero attached hydrogens (tertiary/aromatic N) is 3. The van der Waals surface area contributed by atoms with Gasteiger partial charge in [-0.25, -0.2) is 19.7 Å². The lowest BCUT2D eigenvalue weighted by Gasteiger charge is -2.27. The number of carbonyl (C=O) groups is 1. The third-order valence-electron chi connectivity index (χ3n) is 6.45. The molecule has 0 spiro atoms. The number of nitrogens with one attached hydrogen (secondary N) is 1. The van der Waals surface area contributed by atoms with Crippen LogP contribution in [0, 0.1) is 13.8 Å². The van der Waals surface area contributed by atoms with E-state index in [1.807, 2.05) is 38.1 Å². The molecule has 0 bridgehead atoms. The van der Waals surface area contributed by atoms with Crippen LogP contribution in [0.4, 0.5) is 10.5 Å². The van der Waals surface area contributed by atoms with Crippen LogP contribution in [0.5, 0.6) is 23.3 Å². The number of rotatable bonds is 6.